The minimum atomic E-state index is -0.287. The molecule has 2 heteroatoms. The lowest BCUT2D eigenvalue weighted by atomic mass is 9.78. The van der Waals surface area contributed by atoms with E-state index in [1.165, 1.54) is 197 Å². The van der Waals surface area contributed by atoms with Gasteiger partial charge in [0.1, 0.15) is 0 Å². The summed E-state index contributed by atoms with van der Waals surface area (Å²) in [7, 11) is 0. The van der Waals surface area contributed by atoms with Crippen LogP contribution in [-0.4, -0.2) is 0 Å². The van der Waals surface area contributed by atoms with Crippen molar-refractivity contribution in [2.45, 2.75) is 233 Å². The predicted octanol–water partition coefficient (Wildman–Crippen LogP) is 18.1. The number of rotatable bonds is 29. The van der Waals surface area contributed by atoms with E-state index in [1.54, 1.807) is 0 Å². The van der Waals surface area contributed by atoms with Crippen molar-refractivity contribution in [1.29, 1.82) is 0 Å². The fourth-order valence-corrected chi connectivity index (χ4v) is 10.3. The molecule has 2 heterocycles. The molecule has 0 aliphatic carbocycles. The number of thiophene rings is 1. The first-order valence-electron chi connectivity index (χ1n) is 23.4. The fourth-order valence-electron chi connectivity index (χ4n) is 9.41. The van der Waals surface area contributed by atoms with Gasteiger partial charge < -0.3 is 4.74 Å². The first-order chi connectivity index (χ1) is 26.4. The van der Waals surface area contributed by atoms with E-state index >= 15 is 0 Å². The lowest BCUT2D eigenvalue weighted by Gasteiger charge is -2.45. The largest absolute Gasteiger partial charge is 0.359 e. The van der Waals surface area contributed by atoms with E-state index in [2.05, 4.69) is 90.1 Å². The van der Waals surface area contributed by atoms with E-state index in [0.717, 1.165) is 25.7 Å². The van der Waals surface area contributed by atoms with Gasteiger partial charge in [0.15, 0.2) is 0 Å². The minimum absolute atomic E-state index is 0.264. The van der Waals surface area contributed by atoms with Gasteiger partial charge in [0, 0.05) is 9.75 Å². The topological polar surface area (TPSA) is 9.23 Å². The molecule has 0 spiro atoms. The molecule has 1 aromatic heterocycles. The summed E-state index contributed by atoms with van der Waals surface area (Å²) in [6.07, 6.45) is 36.4. The van der Waals surface area contributed by atoms with Crippen LogP contribution in [0.15, 0.2) is 48.5 Å². The van der Waals surface area contributed by atoms with Crippen molar-refractivity contribution in [2.75, 3.05) is 0 Å². The molecule has 54 heavy (non-hydrogen) atoms. The van der Waals surface area contributed by atoms with Crippen molar-refractivity contribution in [1.82, 2.24) is 0 Å². The molecule has 3 aromatic rings. The summed E-state index contributed by atoms with van der Waals surface area (Å²) in [5.41, 5.74) is 8.09. The number of aryl methyl sites for hydroxylation is 2. The zero-order valence-electron chi connectivity index (χ0n) is 36.2. The Morgan fingerprint density at radius 3 is 1.22 bits per heavy atom. The molecule has 0 amide bonds. The van der Waals surface area contributed by atoms with Gasteiger partial charge in [0.2, 0.25) is 0 Å². The molecule has 1 nitrogen and oxygen atoms in total. The fraction of sp³-hybridized carbons (Fsp3) is 0.692. The van der Waals surface area contributed by atoms with E-state index in [1.807, 2.05) is 11.3 Å². The highest BCUT2D eigenvalue weighted by molar-refractivity contribution is 7.15. The van der Waals surface area contributed by atoms with Crippen molar-refractivity contribution >= 4 is 11.3 Å². The zero-order chi connectivity index (χ0) is 38.5. The summed E-state index contributed by atoms with van der Waals surface area (Å²) in [5.74, 6) is 0. The highest BCUT2D eigenvalue weighted by Crippen LogP contribution is 2.56. The molecule has 0 N–H and O–H groups in total. The second-order valence-electron chi connectivity index (χ2n) is 17.4. The summed E-state index contributed by atoms with van der Waals surface area (Å²) in [4.78, 5) is 2.78. The Morgan fingerprint density at radius 2 is 0.815 bits per heavy atom. The van der Waals surface area contributed by atoms with Crippen LogP contribution in [-0.2, 0) is 15.9 Å². The Kier molecular flexibility index (Phi) is 20.5. The van der Waals surface area contributed by atoms with Gasteiger partial charge in [-0.1, -0.05) is 218 Å². The minimum Gasteiger partial charge on any atom is -0.359 e. The van der Waals surface area contributed by atoms with Gasteiger partial charge >= 0.3 is 0 Å². The molecule has 0 bridgehead atoms. The molecular weight excluding hydrogens is 673 g/mol. The third-order valence-electron chi connectivity index (χ3n) is 12.6. The average molecular weight is 755 g/mol. The van der Waals surface area contributed by atoms with Gasteiger partial charge in [-0.25, -0.2) is 0 Å². The first-order valence-corrected chi connectivity index (χ1v) is 24.3. The first kappa shape index (κ1) is 44.8. The summed E-state index contributed by atoms with van der Waals surface area (Å²) in [6, 6.07) is 19.6. The molecule has 2 aromatic carbocycles. The average Bonchev–Trinajstić information content (AvgIpc) is 3.59. The second-order valence-corrected chi connectivity index (χ2v) is 18.7. The van der Waals surface area contributed by atoms with Crippen molar-refractivity contribution in [3.63, 3.8) is 0 Å². The van der Waals surface area contributed by atoms with Crippen LogP contribution in [0, 0.1) is 13.8 Å². The van der Waals surface area contributed by atoms with Gasteiger partial charge in [-0.15, -0.1) is 11.3 Å². The van der Waals surface area contributed by atoms with E-state index in [0.29, 0.717) is 0 Å². The highest BCUT2D eigenvalue weighted by atomic mass is 32.1. The molecule has 0 fully saturated rings. The maximum absolute atomic E-state index is 8.41. The van der Waals surface area contributed by atoms with Crippen LogP contribution < -0.4 is 0 Å². The van der Waals surface area contributed by atoms with E-state index in [9.17, 15) is 0 Å². The maximum Gasteiger partial charge on any atom is 0.0949 e. The second kappa shape index (κ2) is 24.7. The SMILES string of the molecule is CCCCCCCCC1(CCCCCCCC)OC(CCCCCCCC)(CCCCCCCC)c2cc(-c3ccc(C)s3)ccc2-c2ccc(C)cc21. The third-order valence-corrected chi connectivity index (χ3v) is 13.7. The van der Waals surface area contributed by atoms with Crippen LogP contribution in [0.3, 0.4) is 0 Å². The van der Waals surface area contributed by atoms with E-state index in [4.69, 9.17) is 4.74 Å². The molecule has 1 aliphatic heterocycles. The predicted molar refractivity (Wildman–Crippen MR) is 241 cm³/mol. The van der Waals surface area contributed by atoms with Crippen molar-refractivity contribution < 1.29 is 4.74 Å². The Hall–Kier alpha value is -1.90. The standard InChI is InChI=1S/C52H82OS/c1-7-11-15-19-23-27-37-51(38-28-24-20-16-12-8-2)48-41-43(5)31-34-46(48)47-35-33-45(50-36-32-44(6)54-50)42-49(47)52(53-51,39-29-25-21-17-13-9-3)40-30-26-22-18-14-10-4/h31-36,41-42H,7-30,37-40H2,1-6H3. The molecule has 0 saturated carbocycles. The molecule has 4 rings (SSSR count). The number of unbranched alkanes of at least 4 members (excludes halogenated alkanes) is 20. The highest BCUT2D eigenvalue weighted by Gasteiger charge is 2.48. The maximum atomic E-state index is 8.41. The van der Waals surface area contributed by atoms with Gasteiger partial charge in [-0.05, 0) is 85.5 Å². The number of fused-ring (bicyclic) bond motifs is 3. The third kappa shape index (κ3) is 13.4. The molecule has 1 aliphatic rings. The number of hydrogen-bond donors (Lipinski definition) is 0. The lowest BCUT2D eigenvalue weighted by molar-refractivity contribution is -0.185. The molecule has 0 radical (unpaired) electrons. The lowest BCUT2D eigenvalue weighted by Crippen LogP contribution is -2.41. The van der Waals surface area contributed by atoms with Gasteiger partial charge in [-0.3, -0.25) is 0 Å². The van der Waals surface area contributed by atoms with Crippen molar-refractivity contribution in [2.24, 2.45) is 0 Å². The van der Waals surface area contributed by atoms with Crippen LogP contribution in [0.2, 0.25) is 0 Å². The Balaban J connectivity index is 1.86. The monoisotopic (exact) mass is 755 g/mol. The number of hydrogen-bond acceptors (Lipinski definition) is 2. The summed E-state index contributed by atoms with van der Waals surface area (Å²) in [5, 5.41) is 0. The van der Waals surface area contributed by atoms with Crippen LogP contribution in [0.25, 0.3) is 21.6 Å². The Morgan fingerprint density at radius 1 is 0.426 bits per heavy atom. The molecular formula is C52H82OS. The summed E-state index contributed by atoms with van der Waals surface area (Å²) in [6.45, 7) is 13.9. The smallest absolute Gasteiger partial charge is 0.0949 e. The van der Waals surface area contributed by atoms with Gasteiger partial charge in [0.05, 0.1) is 11.2 Å². The van der Waals surface area contributed by atoms with Crippen LogP contribution >= 0.6 is 11.3 Å². The van der Waals surface area contributed by atoms with E-state index < -0.39 is 0 Å². The molecule has 0 atom stereocenters. The number of benzene rings is 2. The quantitative estimate of drug-likeness (QED) is 0.0641. The van der Waals surface area contributed by atoms with E-state index in [-0.39, 0.29) is 11.2 Å². The molecule has 302 valence electrons. The summed E-state index contributed by atoms with van der Waals surface area (Å²) < 4.78 is 8.41. The summed E-state index contributed by atoms with van der Waals surface area (Å²) >= 11 is 1.94. The zero-order valence-corrected chi connectivity index (χ0v) is 37.1. The van der Waals surface area contributed by atoms with Gasteiger partial charge in [0.25, 0.3) is 0 Å². The van der Waals surface area contributed by atoms with Crippen molar-refractivity contribution in [3.8, 4) is 21.6 Å². The van der Waals surface area contributed by atoms with Gasteiger partial charge in [-0.2, -0.15) is 0 Å². The molecule has 0 unspecified atom stereocenters. The van der Waals surface area contributed by atoms with Crippen LogP contribution in [0.1, 0.15) is 229 Å². The van der Waals surface area contributed by atoms with Crippen molar-refractivity contribution in [3.05, 3.63) is 70.1 Å². The van der Waals surface area contributed by atoms with Crippen LogP contribution in [0.5, 0.6) is 0 Å². The Bertz CT molecular complexity index is 1410. The molecule has 0 saturated heterocycles. The van der Waals surface area contributed by atoms with Crippen LogP contribution in [0.4, 0.5) is 0 Å². The Labute approximate surface area is 338 Å². The normalized spacial score (nSPS) is 14.6. The number of ether oxygens (including phenoxy) is 1.